The average Bonchev–Trinajstić information content (AvgIpc) is 2.68. The van der Waals surface area contributed by atoms with Gasteiger partial charge in [-0.15, -0.1) is 0 Å². The lowest BCUT2D eigenvalue weighted by molar-refractivity contribution is -0.116. The smallest absolute Gasteiger partial charge is 0.225 e. The van der Waals surface area contributed by atoms with Crippen LogP contribution in [-0.2, 0) is 9.53 Å². The van der Waals surface area contributed by atoms with Crippen molar-refractivity contribution in [2.45, 2.75) is 12.8 Å². The number of nitrogens with one attached hydrogen (secondary N) is 1. The SMILES string of the molecule is O=C(CCC(=O)c1ccccc1)Nc1ccc(N2CCOCC2)cn1. The van der Waals surface area contributed by atoms with Crippen LogP contribution < -0.4 is 10.2 Å². The second-order valence-corrected chi connectivity index (χ2v) is 5.84. The maximum absolute atomic E-state index is 12.0. The van der Waals surface area contributed by atoms with Crippen LogP contribution >= 0.6 is 0 Å². The number of hydrogen-bond acceptors (Lipinski definition) is 5. The highest BCUT2D eigenvalue weighted by Crippen LogP contribution is 2.16. The second kappa shape index (κ2) is 8.39. The lowest BCUT2D eigenvalue weighted by atomic mass is 10.1. The van der Waals surface area contributed by atoms with Crippen LogP contribution in [0.25, 0.3) is 0 Å². The zero-order chi connectivity index (χ0) is 17.5. The summed E-state index contributed by atoms with van der Waals surface area (Å²) >= 11 is 0. The number of carbonyl (C=O) groups excluding carboxylic acids is 2. The van der Waals surface area contributed by atoms with Crippen molar-refractivity contribution in [2.75, 3.05) is 36.5 Å². The maximum Gasteiger partial charge on any atom is 0.225 e. The van der Waals surface area contributed by atoms with Gasteiger partial charge in [0.15, 0.2) is 5.78 Å². The van der Waals surface area contributed by atoms with Crippen LogP contribution in [-0.4, -0.2) is 43.0 Å². The molecule has 0 atom stereocenters. The number of Topliss-reactive ketones (excluding diaryl/α,β-unsaturated/α-hetero) is 1. The van der Waals surface area contributed by atoms with E-state index in [2.05, 4.69) is 15.2 Å². The molecule has 1 aromatic heterocycles. The van der Waals surface area contributed by atoms with Gasteiger partial charge in [0.05, 0.1) is 25.1 Å². The van der Waals surface area contributed by atoms with Crippen molar-refractivity contribution >= 4 is 23.2 Å². The molecule has 3 rings (SSSR count). The van der Waals surface area contributed by atoms with Gasteiger partial charge in [0.25, 0.3) is 0 Å². The summed E-state index contributed by atoms with van der Waals surface area (Å²) in [5.74, 6) is 0.247. The van der Waals surface area contributed by atoms with Gasteiger partial charge in [-0.2, -0.15) is 0 Å². The Hall–Kier alpha value is -2.73. The molecular weight excluding hydrogens is 318 g/mol. The third-order valence-electron chi connectivity index (χ3n) is 4.07. The minimum absolute atomic E-state index is 0.0358. The Morgan fingerprint density at radius 3 is 2.48 bits per heavy atom. The fraction of sp³-hybridized carbons (Fsp3) is 0.316. The molecule has 6 heteroatoms. The van der Waals surface area contributed by atoms with Crippen molar-refractivity contribution < 1.29 is 14.3 Å². The molecule has 1 aliphatic heterocycles. The van der Waals surface area contributed by atoms with Gasteiger partial charge >= 0.3 is 0 Å². The first kappa shape index (κ1) is 17.1. The summed E-state index contributed by atoms with van der Waals surface area (Å²) in [6.07, 6.45) is 2.07. The molecule has 2 aromatic rings. The number of ketones is 1. The van der Waals surface area contributed by atoms with E-state index >= 15 is 0 Å². The van der Waals surface area contributed by atoms with Crippen LogP contribution in [0.1, 0.15) is 23.2 Å². The van der Waals surface area contributed by atoms with Crippen molar-refractivity contribution in [3.63, 3.8) is 0 Å². The Morgan fingerprint density at radius 1 is 1.04 bits per heavy atom. The van der Waals surface area contributed by atoms with Crippen LogP contribution in [0.5, 0.6) is 0 Å². The lowest BCUT2D eigenvalue weighted by Crippen LogP contribution is -2.36. The minimum Gasteiger partial charge on any atom is -0.378 e. The van der Waals surface area contributed by atoms with Crippen LogP contribution in [0, 0.1) is 0 Å². The molecule has 1 saturated heterocycles. The van der Waals surface area contributed by atoms with Gasteiger partial charge in [-0.25, -0.2) is 4.98 Å². The molecule has 1 N–H and O–H groups in total. The van der Waals surface area contributed by atoms with E-state index in [4.69, 9.17) is 4.74 Å². The Balaban J connectivity index is 1.48. The van der Waals surface area contributed by atoms with E-state index in [0.29, 0.717) is 24.6 Å². The maximum atomic E-state index is 12.0. The molecule has 0 aliphatic carbocycles. The highest BCUT2D eigenvalue weighted by atomic mass is 16.5. The van der Waals surface area contributed by atoms with Crippen LogP contribution in [0.4, 0.5) is 11.5 Å². The van der Waals surface area contributed by atoms with Gasteiger partial charge < -0.3 is 15.0 Å². The van der Waals surface area contributed by atoms with E-state index in [-0.39, 0.29) is 24.5 Å². The summed E-state index contributed by atoms with van der Waals surface area (Å²) in [6.45, 7) is 3.12. The van der Waals surface area contributed by atoms with E-state index in [9.17, 15) is 9.59 Å². The number of pyridine rings is 1. The fourth-order valence-corrected chi connectivity index (χ4v) is 2.67. The first-order chi connectivity index (χ1) is 12.2. The number of hydrogen-bond donors (Lipinski definition) is 1. The zero-order valence-corrected chi connectivity index (χ0v) is 14.0. The molecule has 130 valence electrons. The molecule has 0 unspecified atom stereocenters. The largest absolute Gasteiger partial charge is 0.378 e. The van der Waals surface area contributed by atoms with Crippen LogP contribution in [0.3, 0.4) is 0 Å². The number of carbonyl (C=O) groups is 2. The van der Waals surface area contributed by atoms with Gasteiger partial charge in [-0.1, -0.05) is 30.3 Å². The molecule has 1 aromatic carbocycles. The van der Waals surface area contributed by atoms with Gasteiger partial charge in [0.1, 0.15) is 5.82 Å². The zero-order valence-electron chi connectivity index (χ0n) is 14.0. The van der Waals surface area contributed by atoms with E-state index in [0.717, 1.165) is 18.8 Å². The predicted molar refractivity (Wildman–Crippen MR) is 95.9 cm³/mol. The third kappa shape index (κ3) is 4.87. The molecule has 25 heavy (non-hydrogen) atoms. The molecule has 1 fully saturated rings. The number of benzene rings is 1. The molecular formula is C19H21N3O3. The minimum atomic E-state index is -0.212. The quantitative estimate of drug-likeness (QED) is 0.819. The number of ether oxygens (including phenoxy) is 1. The van der Waals surface area contributed by atoms with E-state index < -0.39 is 0 Å². The number of nitrogens with zero attached hydrogens (tertiary/aromatic N) is 2. The monoisotopic (exact) mass is 339 g/mol. The Kier molecular flexibility index (Phi) is 5.74. The number of aromatic nitrogens is 1. The fourth-order valence-electron chi connectivity index (χ4n) is 2.67. The molecule has 0 bridgehead atoms. The summed E-state index contributed by atoms with van der Waals surface area (Å²) in [5.41, 5.74) is 1.64. The number of anilines is 2. The van der Waals surface area contributed by atoms with E-state index in [1.165, 1.54) is 0 Å². The van der Waals surface area contributed by atoms with Crippen molar-refractivity contribution in [3.8, 4) is 0 Å². The Bertz CT molecular complexity index is 710. The van der Waals surface area contributed by atoms with Crippen molar-refractivity contribution in [2.24, 2.45) is 0 Å². The predicted octanol–water partition coefficient (Wildman–Crippen LogP) is 2.52. The molecule has 1 amide bonds. The summed E-state index contributed by atoms with van der Waals surface area (Å²) in [5, 5.41) is 2.73. The third-order valence-corrected chi connectivity index (χ3v) is 4.07. The highest BCUT2D eigenvalue weighted by molar-refractivity contribution is 5.99. The summed E-state index contributed by atoms with van der Waals surface area (Å²) < 4.78 is 5.33. The summed E-state index contributed by atoms with van der Waals surface area (Å²) in [4.78, 5) is 30.5. The van der Waals surface area contributed by atoms with Gasteiger partial charge in [-0.3, -0.25) is 9.59 Å². The standard InChI is InChI=1S/C19H21N3O3/c23-17(15-4-2-1-3-5-15)7-9-19(24)21-18-8-6-16(14-20-18)22-10-12-25-13-11-22/h1-6,8,14H,7,9-13H2,(H,20,21,24). The number of rotatable bonds is 6. The molecule has 1 aliphatic rings. The summed E-state index contributed by atoms with van der Waals surface area (Å²) in [7, 11) is 0. The normalized spacial score (nSPS) is 14.2. The van der Waals surface area contributed by atoms with Crippen molar-refractivity contribution in [1.29, 1.82) is 0 Å². The Morgan fingerprint density at radius 2 is 1.80 bits per heavy atom. The Labute approximate surface area is 146 Å². The molecule has 0 radical (unpaired) electrons. The van der Waals surface area contributed by atoms with Crippen LogP contribution in [0.15, 0.2) is 48.7 Å². The first-order valence-corrected chi connectivity index (χ1v) is 8.39. The van der Waals surface area contributed by atoms with Gasteiger partial charge in [0, 0.05) is 31.5 Å². The van der Waals surface area contributed by atoms with E-state index in [1.54, 1.807) is 24.4 Å². The number of amides is 1. The van der Waals surface area contributed by atoms with Gasteiger partial charge in [0.2, 0.25) is 5.91 Å². The average molecular weight is 339 g/mol. The summed E-state index contributed by atoms with van der Waals surface area (Å²) in [6, 6.07) is 12.7. The van der Waals surface area contributed by atoms with E-state index in [1.807, 2.05) is 24.3 Å². The molecule has 2 heterocycles. The molecule has 0 spiro atoms. The van der Waals surface area contributed by atoms with Gasteiger partial charge in [-0.05, 0) is 12.1 Å². The van der Waals surface area contributed by atoms with Crippen molar-refractivity contribution in [1.82, 2.24) is 4.98 Å². The molecule has 0 saturated carbocycles. The second-order valence-electron chi connectivity index (χ2n) is 5.84. The van der Waals surface area contributed by atoms with Crippen molar-refractivity contribution in [3.05, 3.63) is 54.2 Å². The highest BCUT2D eigenvalue weighted by Gasteiger charge is 2.12. The van der Waals surface area contributed by atoms with Crippen LogP contribution in [0.2, 0.25) is 0 Å². The number of morpholine rings is 1. The first-order valence-electron chi connectivity index (χ1n) is 8.39. The lowest BCUT2D eigenvalue weighted by Gasteiger charge is -2.28. The topological polar surface area (TPSA) is 71.5 Å². The molecule has 6 nitrogen and oxygen atoms in total.